The minimum absolute atomic E-state index is 0.352. The van der Waals surface area contributed by atoms with Crippen molar-refractivity contribution in [3.05, 3.63) is 23.4 Å². The average molecular weight is 221 g/mol. The molecule has 16 heavy (non-hydrogen) atoms. The van der Waals surface area contributed by atoms with E-state index in [-0.39, 0.29) is 0 Å². The van der Waals surface area contributed by atoms with Crippen molar-refractivity contribution >= 4 is 0 Å². The van der Waals surface area contributed by atoms with E-state index in [0.717, 1.165) is 5.92 Å². The Morgan fingerprint density at radius 1 is 1.38 bits per heavy atom. The highest BCUT2D eigenvalue weighted by molar-refractivity contribution is 5.34. The van der Waals surface area contributed by atoms with Gasteiger partial charge in [-0.05, 0) is 48.4 Å². The molecule has 1 heteroatoms. The van der Waals surface area contributed by atoms with E-state index in [1.165, 1.54) is 19.3 Å². The van der Waals surface area contributed by atoms with Crippen molar-refractivity contribution in [1.82, 2.24) is 4.90 Å². The SMILES string of the molecule is CCC1=C(C=CN(C)C)C(C)(C)CCC1C. The largest absolute Gasteiger partial charge is 0.383 e. The zero-order chi connectivity index (χ0) is 12.3. The van der Waals surface area contributed by atoms with Crippen LogP contribution in [0.5, 0.6) is 0 Å². The highest BCUT2D eigenvalue weighted by Gasteiger charge is 2.30. The first-order chi connectivity index (χ1) is 7.38. The summed E-state index contributed by atoms with van der Waals surface area (Å²) >= 11 is 0. The van der Waals surface area contributed by atoms with E-state index in [1.54, 1.807) is 11.1 Å². The molecule has 0 fully saturated rings. The summed E-state index contributed by atoms with van der Waals surface area (Å²) in [4.78, 5) is 2.12. The smallest absolute Gasteiger partial charge is 0.00556 e. The fourth-order valence-corrected chi connectivity index (χ4v) is 2.68. The van der Waals surface area contributed by atoms with E-state index in [1.807, 2.05) is 0 Å². The van der Waals surface area contributed by atoms with Crippen LogP contribution in [0.1, 0.15) is 47.0 Å². The molecule has 0 bridgehead atoms. The molecule has 1 nitrogen and oxygen atoms in total. The first kappa shape index (κ1) is 13.3. The molecule has 0 N–H and O–H groups in total. The Morgan fingerprint density at radius 3 is 2.50 bits per heavy atom. The molecule has 1 aliphatic carbocycles. The van der Waals surface area contributed by atoms with Crippen LogP contribution in [0.25, 0.3) is 0 Å². The lowest BCUT2D eigenvalue weighted by molar-refractivity contribution is 0.334. The molecule has 0 spiro atoms. The van der Waals surface area contributed by atoms with Crippen LogP contribution >= 0.6 is 0 Å². The van der Waals surface area contributed by atoms with Crippen molar-refractivity contribution in [1.29, 1.82) is 0 Å². The standard InChI is InChI=1S/C15H27N/c1-7-13-12(2)8-10-15(3,4)14(13)9-11-16(5)6/h9,11-12H,7-8,10H2,1-6H3. The molecule has 1 unspecified atom stereocenters. The van der Waals surface area contributed by atoms with Gasteiger partial charge in [-0.2, -0.15) is 0 Å². The van der Waals surface area contributed by atoms with Crippen molar-refractivity contribution in [2.45, 2.75) is 47.0 Å². The third-order valence-electron chi connectivity index (χ3n) is 3.79. The summed E-state index contributed by atoms with van der Waals surface area (Å²) < 4.78 is 0. The van der Waals surface area contributed by atoms with Crippen LogP contribution < -0.4 is 0 Å². The molecule has 0 saturated heterocycles. The van der Waals surface area contributed by atoms with E-state index < -0.39 is 0 Å². The van der Waals surface area contributed by atoms with Crippen LogP contribution in [0.15, 0.2) is 23.4 Å². The van der Waals surface area contributed by atoms with Crippen molar-refractivity contribution in [2.75, 3.05) is 14.1 Å². The van der Waals surface area contributed by atoms with Gasteiger partial charge in [-0.3, -0.25) is 0 Å². The molecule has 1 aliphatic rings. The second kappa shape index (κ2) is 5.07. The van der Waals surface area contributed by atoms with Crippen LogP contribution in [-0.2, 0) is 0 Å². The maximum atomic E-state index is 2.38. The summed E-state index contributed by atoms with van der Waals surface area (Å²) in [7, 11) is 4.17. The predicted molar refractivity (Wildman–Crippen MR) is 72.3 cm³/mol. The molecule has 0 saturated carbocycles. The van der Waals surface area contributed by atoms with Gasteiger partial charge in [0.1, 0.15) is 0 Å². The van der Waals surface area contributed by atoms with Gasteiger partial charge in [-0.1, -0.05) is 33.3 Å². The first-order valence-corrected chi connectivity index (χ1v) is 6.46. The Morgan fingerprint density at radius 2 is 2.00 bits per heavy atom. The Kier molecular flexibility index (Phi) is 4.23. The van der Waals surface area contributed by atoms with Gasteiger partial charge in [0.2, 0.25) is 0 Å². The molecule has 0 heterocycles. The zero-order valence-electron chi connectivity index (χ0n) is 11.8. The average Bonchev–Trinajstić information content (AvgIpc) is 2.19. The summed E-state index contributed by atoms with van der Waals surface area (Å²) in [5.41, 5.74) is 3.58. The fraction of sp³-hybridized carbons (Fsp3) is 0.733. The summed E-state index contributed by atoms with van der Waals surface area (Å²) in [6.07, 6.45) is 8.36. The van der Waals surface area contributed by atoms with Crippen molar-refractivity contribution < 1.29 is 0 Å². The molecular formula is C15H27N. The van der Waals surface area contributed by atoms with E-state index in [9.17, 15) is 0 Å². The molecule has 1 atom stereocenters. The molecule has 0 aromatic carbocycles. The third kappa shape index (κ3) is 2.90. The second-order valence-corrected chi connectivity index (χ2v) is 5.90. The van der Waals surface area contributed by atoms with Gasteiger partial charge in [0.25, 0.3) is 0 Å². The number of allylic oxidation sites excluding steroid dienone is 3. The number of hydrogen-bond acceptors (Lipinski definition) is 1. The number of rotatable bonds is 3. The van der Waals surface area contributed by atoms with Gasteiger partial charge in [-0.25, -0.2) is 0 Å². The molecule has 0 amide bonds. The Balaban J connectivity index is 3.10. The van der Waals surface area contributed by atoms with E-state index >= 15 is 0 Å². The van der Waals surface area contributed by atoms with Crippen LogP contribution in [0.4, 0.5) is 0 Å². The second-order valence-electron chi connectivity index (χ2n) is 5.90. The van der Waals surface area contributed by atoms with Gasteiger partial charge < -0.3 is 4.90 Å². The lowest BCUT2D eigenvalue weighted by Gasteiger charge is -2.37. The van der Waals surface area contributed by atoms with Gasteiger partial charge >= 0.3 is 0 Å². The minimum Gasteiger partial charge on any atom is -0.383 e. The van der Waals surface area contributed by atoms with Crippen LogP contribution in [-0.4, -0.2) is 19.0 Å². The molecule has 0 aliphatic heterocycles. The van der Waals surface area contributed by atoms with Gasteiger partial charge in [0.05, 0.1) is 0 Å². The van der Waals surface area contributed by atoms with Gasteiger partial charge in [0, 0.05) is 14.1 Å². The Hall–Kier alpha value is -0.720. The minimum atomic E-state index is 0.352. The first-order valence-electron chi connectivity index (χ1n) is 6.46. The van der Waals surface area contributed by atoms with Gasteiger partial charge in [-0.15, -0.1) is 0 Å². The number of hydrogen-bond donors (Lipinski definition) is 0. The lowest BCUT2D eigenvalue weighted by Crippen LogP contribution is -2.24. The summed E-state index contributed by atoms with van der Waals surface area (Å²) in [6.45, 7) is 9.42. The lowest BCUT2D eigenvalue weighted by atomic mass is 9.68. The Labute approximate surface area is 101 Å². The molecule has 92 valence electrons. The summed E-state index contributed by atoms with van der Waals surface area (Å²) in [5, 5.41) is 0. The molecule has 0 aromatic heterocycles. The monoisotopic (exact) mass is 221 g/mol. The normalized spacial score (nSPS) is 25.2. The third-order valence-corrected chi connectivity index (χ3v) is 3.79. The molecule has 0 radical (unpaired) electrons. The van der Waals surface area contributed by atoms with Crippen molar-refractivity contribution in [3.63, 3.8) is 0 Å². The number of nitrogens with zero attached hydrogens (tertiary/aromatic N) is 1. The molecule has 0 aromatic rings. The maximum absolute atomic E-state index is 2.38. The quantitative estimate of drug-likeness (QED) is 0.689. The molecular weight excluding hydrogens is 194 g/mol. The summed E-state index contributed by atoms with van der Waals surface area (Å²) in [6, 6.07) is 0. The topological polar surface area (TPSA) is 3.24 Å². The maximum Gasteiger partial charge on any atom is 0.00556 e. The fourth-order valence-electron chi connectivity index (χ4n) is 2.68. The van der Waals surface area contributed by atoms with Gasteiger partial charge in [0.15, 0.2) is 0 Å². The van der Waals surface area contributed by atoms with Crippen molar-refractivity contribution in [2.24, 2.45) is 11.3 Å². The highest BCUT2D eigenvalue weighted by Crippen LogP contribution is 2.44. The molecule has 1 rings (SSSR count). The van der Waals surface area contributed by atoms with Crippen LogP contribution in [0, 0.1) is 11.3 Å². The van der Waals surface area contributed by atoms with Crippen molar-refractivity contribution in [3.8, 4) is 0 Å². The predicted octanol–water partition coefficient (Wildman–Crippen LogP) is 4.22. The highest BCUT2D eigenvalue weighted by atomic mass is 15.0. The van der Waals surface area contributed by atoms with Crippen LogP contribution in [0.3, 0.4) is 0 Å². The van der Waals surface area contributed by atoms with E-state index in [0.29, 0.717) is 5.41 Å². The zero-order valence-corrected chi connectivity index (χ0v) is 11.8. The van der Waals surface area contributed by atoms with E-state index in [2.05, 4.69) is 59.0 Å². The van der Waals surface area contributed by atoms with E-state index in [4.69, 9.17) is 0 Å². The Bertz CT molecular complexity index is 295. The summed E-state index contributed by atoms with van der Waals surface area (Å²) in [5.74, 6) is 0.764. The van der Waals surface area contributed by atoms with Crippen LogP contribution in [0.2, 0.25) is 0 Å².